The Morgan fingerprint density at radius 3 is 2.11 bits per heavy atom. The van der Waals surface area contributed by atoms with Crippen LogP contribution < -0.4 is 10.6 Å². The summed E-state index contributed by atoms with van der Waals surface area (Å²) in [4.78, 5) is 36.4. The van der Waals surface area contributed by atoms with Crippen molar-refractivity contribution in [2.24, 2.45) is 0 Å². The molecule has 0 aliphatic rings. The Balaban J connectivity index is 2.77. The Bertz CT molecular complexity index is 638. The third-order valence-corrected chi connectivity index (χ3v) is 3.38. The second-order valence-corrected chi connectivity index (χ2v) is 7.58. The van der Waals surface area contributed by atoms with Crippen LogP contribution in [0.5, 0.6) is 0 Å². The summed E-state index contributed by atoms with van der Waals surface area (Å²) in [6, 6.07) is 7.75. The molecule has 7 nitrogen and oxygen atoms in total. The highest BCUT2D eigenvalue weighted by Crippen LogP contribution is 2.18. The minimum atomic E-state index is -0.827. The summed E-state index contributed by atoms with van der Waals surface area (Å²) in [5.41, 5.74) is 0.115. The van der Waals surface area contributed by atoms with Gasteiger partial charge in [-0.25, -0.2) is 4.79 Å². The number of ether oxygens (including phenoxy) is 2. The summed E-state index contributed by atoms with van der Waals surface area (Å²) in [5.74, 6) is -0.834. The van der Waals surface area contributed by atoms with Gasteiger partial charge in [-0.1, -0.05) is 30.3 Å². The molecule has 1 aromatic carbocycles. The van der Waals surface area contributed by atoms with Crippen molar-refractivity contribution in [1.82, 2.24) is 10.6 Å². The van der Waals surface area contributed by atoms with E-state index in [-0.39, 0.29) is 12.5 Å². The van der Waals surface area contributed by atoms with Crippen molar-refractivity contribution in [3.8, 4) is 0 Å². The molecule has 0 aliphatic carbocycles. The summed E-state index contributed by atoms with van der Waals surface area (Å²) >= 11 is 0. The van der Waals surface area contributed by atoms with E-state index in [0.717, 1.165) is 5.56 Å². The van der Waals surface area contributed by atoms with Crippen molar-refractivity contribution in [3.63, 3.8) is 0 Å². The highest BCUT2D eigenvalue weighted by Gasteiger charge is 2.25. The van der Waals surface area contributed by atoms with Crippen LogP contribution in [-0.2, 0) is 19.1 Å². The largest absolute Gasteiger partial charge is 0.463 e. The third kappa shape index (κ3) is 9.08. The summed E-state index contributed by atoms with van der Waals surface area (Å²) < 4.78 is 10.3. The van der Waals surface area contributed by atoms with Gasteiger partial charge in [-0.2, -0.15) is 0 Å². The fourth-order valence-corrected chi connectivity index (χ4v) is 2.26. The molecule has 0 saturated heterocycles. The van der Waals surface area contributed by atoms with Crippen molar-refractivity contribution >= 4 is 18.0 Å². The van der Waals surface area contributed by atoms with Gasteiger partial charge in [0.25, 0.3) is 0 Å². The first-order valence-electron chi connectivity index (χ1n) is 9.02. The topological polar surface area (TPSA) is 93.7 Å². The molecule has 2 amide bonds. The lowest BCUT2D eigenvalue weighted by molar-refractivity contribution is -0.148. The Morgan fingerprint density at radius 2 is 1.59 bits per heavy atom. The van der Waals surface area contributed by atoms with Gasteiger partial charge in [-0.05, 0) is 47.1 Å². The maximum Gasteiger partial charge on any atom is 0.408 e. The number of carbonyl (C=O) groups is 3. The zero-order valence-electron chi connectivity index (χ0n) is 16.9. The van der Waals surface area contributed by atoms with Crippen LogP contribution in [0.1, 0.15) is 59.6 Å². The number of rotatable bonds is 7. The molecule has 0 aliphatic heterocycles. The van der Waals surface area contributed by atoms with Crippen molar-refractivity contribution in [1.29, 1.82) is 0 Å². The lowest BCUT2D eigenvalue weighted by atomic mass is 10.0. The number of amides is 2. The lowest BCUT2D eigenvalue weighted by Crippen LogP contribution is -2.47. The predicted octanol–water partition coefficient (Wildman–Crippen LogP) is 3.10. The van der Waals surface area contributed by atoms with Crippen LogP contribution >= 0.6 is 0 Å². The zero-order chi connectivity index (χ0) is 20.6. The van der Waals surface area contributed by atoms with Crippen molar-refractivity contribution in [2.45, 2.75) is 71.8 Å². The van der Waals surface area contributed by atoms with Crippen LogP contribution in [-0.4, -0.2) is 35.7 Å². The molecule has 150 valence electrons. The molecule has 0 spiro atoms. The van der Waals surface area contributed by atoms with Crippen molar-refractivity contribution < 1.29 is 23.9 Å². The Kier molecular flexibility index (Phi) is 8.28. The van der Waals surface area contributed by atoms with Gasteiger partial charge >= 0.3 is 12.1 Å². The number of hydrogen-bond acceptors (Lipinski definition) is 5. The van der Waals surface area contributed by atoms with Gasteiger partial charge in [0.05, 0.1) is 18.6 Å². The first kappa shape index (κ1) is 22.5. The summed E-state index contributed by atoms with van der Waals surface area (Å²) in [5, 5.41) is 5.28. The summed E-state index contributed by atoms with van der Waals surface area (Å²) in [6.07, 6.45) is -0.925. The van der Waals surface area contributed by atoms with Crippen LogP contribution in [0.4, 0.5) is 4.79 Å². The Labute approximate surface area is 160 Å². The first-order valence-corrected chi connectivity index (χ1v) is 9.02. The van der Waals surface area contributed by atoms with Gasteiger partial charge in [-0.15, -0.1) is 0 Å². The third-order valence-electron chi connectivity index (χ3n) is 3.38. The Hall–Kier alpha value is -2.57. The molecule has 1 rings (SSSR count). The minimum absolute atomic E-state index is 0.00685. The molecule has 0 saturated carbocycles. The van der Waals surface area contributed by atoms with Crippen LogP contribution in [0.15, 0.2) is 30.3 Å². The molecule has 1 aromatic rings. The SMILES string of the molecule is CC(C)OC(=O)CC(NC(=O)[C@@H](C)NC(=O)OC(C)(C)C)c1ccccc1. The molecule has 0 aromatic heterocycles. The zero-order valence-corrected chi connectivity index (χ0v) is 16.9. The molecule has 2 atom stereocenters. The van der Waals surface area contributed by atoms with Gasteiger partial charge in [0.2, 0.25) is 5.91 Å². The average molecular weight is 378 g/mol. The van der Waals surface area contributed by atoms with Crippen LogP contribution in [0, 0.1) is 0 Å². The predicted molar refractivity (Wildman–Crippen MR) is 102 cm³/mol. The van der Waals surface area contributed by atoms with Crippen LogP contribution in [0.3, 0.4) is 0 Å². The maximum absolute atomic E-state index is 12.5. The molecule has 0 bridgehead atoms. The lowest BCUT2D eigenvalue weighted by Gasteiger charge is -2.24. The van der Waals surface area contributed by atoms with Crippen molar-refractivity contribution in [3.05, 3.63) is 35.9 Å². The maximum atomic E-state index is 12.5. The van der Waals surface area contributed by atoms with E-state index in [0.29, 0.717) is 0 Å². The van der Waals surface area contributed by atoms with Gasteiger partial charge in [-0.3, -0.25) is 9.59 Å². The number of carbonyl (C=O) groups excluding carboxylic acids is 3. The Morgan fingerprint density at radius 1 is 1.00 bits per heavy atom. The number of hydrogen-bond donors (Lipinski definition) is 2. The van der Waals surface area contributed by atoms with E-state index >= 15 is 0 Å². The highest BCUT2D eigenvalue weighted by atomic mass is 16.6. The van der Waals surface area contributed by atoms with E-state index in [1.54, 1.807) is 41.5 Å². The van der Waals surface area contributed by atoms with E-state index in [2.05, 4.69) is 10.6 Å². The summed E-state index contributed by atoms with van der Waals surface area (Å²) in [7, 11) is 0. The molecule has 0 heterocycles. The summed E-state index contributed by atoms with van der Waals surface area (Å²) in [6.45, 7) is 10.3. The number of esters is 1. The standard InChI is InChI=1S/C20H30N2O5/c1-13(2)26-17(23)12-16(15-10-8-7-9-11-15)22-18(24)14(3)21-19(25)27-20(4,5)6/h7-11,13-14,16H,12H2,1-6H3,(H,21,25)(H,22,24)/t14-,16?/m1/s1. The first-order chi connectivity index (χ1) is 12.5. The van der Waals surface area contributed by atoms with Gasteiger partial charge in [0.15, 0.2) is 0 Å². The van der Waals surface area contributed by atoms with Gasteiger partial charge in [0.1, 0.15) is 11.6 Å². The van der Waals surface area contributed by atoms with E-state index < -0.39 is 35.7 Å². The molecular formula is C20H30N2O5. The molecule has 2 N–H and O–H groups in total. The van der Waals surface area contributed by atoms with E-state index in [1.165, 1.54) is 0 Å². The molecule has 0 fully saturated rings. The number of benzene rings is 1. The van der Waals surface area contributed by atoms with E-state index in [9.17, 15) is 14.4 Å². The quantitative estimate of drug-likeness (QED) is 0.711. The second kappa shape index (κ2) is 9.94. The normalized spacial score (nSPS) is 13.4. The highest BCUT2D eigenvalue weighted by molar-refractivity contribution is 5.86. The van der Waals surface area contributed by atoms with Crippen LogP contribution in [0.25, 0.3) is 0 Å². The van der Waals surface area contributed by atoms with Crippen LogP contribution in [0.2, 0.25) is 0 Å². The average Bonchev–Trinajstić information content (AvgIpc) is 2.52. The van der Waals surface area contributed by atoms with Crippen molar-refractivity contribution in [2.75, 3.05) is 0 Å². The molecule has 27 heavy (non-hydrogen) atoms. The molecule has 1 unspecified atom stereocenters. The smallest absolute Gasteiger partial charge is 0.408 e. The van der Waals surface area contributed by atoms with Gasteiger partial charge < -0.3 is 20.1 Å². The number of nitrogens with one attached hydrogen (secondary N) is 2. The molecular weight excluding hydrogens is 348 g/mol. The monoisotopic (exact) mass is 378 g/mol. The second-order valence-electron chi connectivity index (χ2n) is 7.58. The van der Waals surface area contributed by atoms with E-state index in [4.69, 9.17) is 9.47 Å². The number of alkyl carbamates (subject to hydrolysis) is 1. The van der Waals surface area contributed by atoms with Gasteiger partial charge in [0, 0.05) is 0 Å². The minimum Gasteiger partial charge on any atom is -0.463 e. The van der Waals surface area contributed by atoms with E-state index in [1.807, 2.05) is 30.3 Å². The fraction of sp³-hybridized carbons (Fsp3) is 0.550. The molecule has 0 radical (unpaired) electrons. The fourth-order valence-electron chi connectivity index (χ4n) is 2.26. The molecule has 7 heteroatoms.